The highest BCUT2D eigenvalue weighted by Gasteiger charge is 2.22. The van der Waals surface area contributed by atoms with Gasteiger partial charge in [-0.2, -0.15) is 0 Å². The van der Waals surface area contributed by atoms with Crippen LogP contribution < -0.4 is 0 Å². The van der Waals surface area contributed by atoms with Gasteiger partial charge in [-0.15, -0.1) is 0 Å². The molecule has 2 atom stereocenters. The Balaban J connectivity index is 2.18. The molecule has 22 heavy (non-hydrogen) atoms. The molecule has 0 bridgehead atoms. The average molecular weight is 297 g/mol. The van der Waals surface area contributed by atoms with Gasteiger partial charge >= 0.3 is 0 Å². The van der Waals surface area contributed by atoms with Gasteiger partial charge in [0.1, 0.15) is 0 Å². The predicted octanol–water partition coefficient (Wildman–Crippen LogP) is 4.24. The molecular formula is C20H27NO. The quantitative estimate of drug-likeness (QED) is 0.788. The second kappa shape index (κ2) is 8.72. The van der Waals surface area contributed by atoms with Crippen LogP contribution in [-0.2, 0) is 13.1 Å². The molecule has 0 aromatic heterocycles. The molecule has 0 unspecified atom stereocenters. The first-order chi connectivity index (χ1) is 10.7. The summed E-state index contributed by atoms with van der Waals surface area (Å²) in [5.74, 6) is 0. The minimum absolute atomic E-state index is 0.186. The van der Waals surface area contributed by atoms with Crippen molar-refractivity contribution in [1.82, 2.24) is 4.90 Å². The molecule has 0 aliphatic carbocycles. The molecule has 0 aliphatic heterocycles. The van der Waals surface area contributed by atoms with E-state index in [1.807, 2.05) is 19.1 Å². The van der Waals surface area contributed by atoms with Crippen molar-refractivity contribution in [3.05, 3.63) is 71.8 Å². The highest BCUT2D eigenvalue weighted by Crippen LogP contribution is 2.19. The van der Waals surface area contributed by atoms with Crippen LogP contribution >= 0.6 is 0 Å². The average Bonchev–Trinajstić information content (AvgIpc) is 2.54. The number of hydrogen-bond acceptors (Lipinski definition) is 2. The Morgan fingerprint density at radius 3 is 1.68 bits per heavy atom. The van der Waals surface area contributed by atoms with Crippen molar-refractivity contribution in [2.24, 2.45) is 0 Å². The smallest absolute Gasteiger partial charge is 0.0667 e. The van der Waals surface area contributed by atoms with Crippen LogP contribution in [0.1, 0.15) is 37.8 Å². The lowest BCUT2D eigenvalue weighted by Crippen LogP contribution is -2.41. The number of benzene rings is 2. The zero-order valence-electron chi connectivity index (χ0n) is 13.7. The minimum atomic E-state index is -0.327. The lowest BCUT2D eigenvalue weighted by atomic mass is 10.0. The summed E-state index contributed by atoms with van der Waals surface area (Å²) in [4.78, 5) is 2.40. The maximum Gasteiger partial charge on any atom is 0.0667 e. The van der Waals surface area contributed by atoms with Gasteiger partial charge in [-0.25, -0.2) is 0 Å². The van der Waals surface area contributed by atoms with E-state index in [0.29, 0.717) is 0 Å². The normalized spacial score (nSPS) is 14.0. The summed E-state index contributed by atoms with van der Waals surface area (Å²) in [5, 5.41) is 10.2. The van der Waals surface area contributed by atoms with Crippen molar-refractivity contribution in [1.29, 1.82) is 0 Å². The maximum atomic E-state index is 10.2. The van der Waals surface area contributed by atoms with Gasteiger partial charge in [-0.05, 0) is 24.5 Å². The van der Waals surface area contributed by atoms with E-state index in [4.69, 9.17) is 0 Å². The molecule has 0 saturated heterocycles. The molecule has 2 aromatic carbocycles. The van der Waals surface area contributed by atoms with Crippen LogP contribution in [0.3, 0.4) is 0 Å². The van der Waals surface area contributed by atoms with Crippen LogP contribution in [0.25, 0.3) is 0 Å². The van der Waals surface area contributed by atoms with Crippen LogP contribution in [0.5, 0.6) is 0 Å². The van der Waals surface area contributed by atoms with Crippen molar-refractivity contribution >= 4 is 0 Å². The van der Waals surface area contributed by atoms with Crippen molar-refractivity contribution < 1.29 is 5.11 Å². The number of aliphatic hydroxyl groups is 1. The molecule has 1 N–H and O–H groups in total. The van der Waals surface area contributed by atoms with Crippen molar-refractivity contribution in [3.63, 3.8) is 0 Å². The summed E-state index contributed by atoms with van der Waals surface area (Å²) in [7, 11) is 0. The first kappa shape index (κ1) is 16.7. The van der Waals surface area contributed by atoms with Crippen molar-refractivity contribution in [2.75, 3.05) is 0 Å². The molecule has 0 spiro atoms. The van der Waals surface area contributed by atoms with E-state index in [-0.39, 0.29) is 12.1 Å². The summed E-state index contributed by atoms with van der Waals surface area (Å²) >= 11 is 0. The van der Waals surface area contributed by atoms with Gasteiger partial charge in [0.15, 0.2) is 0 Å². The van der Waals surface area contributed by atoms with Crippen LogP contribution in [0.15, 0.2) is 60.7 Å². The van der Waals surface area contributed by atoms with Gasteiger partial charge in [0.2, 0.25) is 0 Å². The van der Waals surface area contributed by atoms with E-state index in [2.05, 4.69) is 60.4 Å². The number of aliphatic hydroxyl groups excluding tert-OH is 1. The Bertz CT molecular complexity index is 482. The molecule has 2 nitrogen and oxygen atoms in total. The van der Waals surface area contributed by atoms with E-state index in [0.717, 1.165) is 25.9 Å². The first-order valence-electron chi connectivity index (χ1n) is 8.20. The molecule has 0 heterocycles. The van der Waals surface area contributed by atoms with E-state index >= 15 is 0 Å². The van der Waals surface area contributed by atoms with E-state index < -0.39 is 0 Å². The molecule has 0 fully saturated rings. The summed E-state index contributed by atoms with van der Waals surface area (Å²) in [6, 6.07) is 21.2. The minimum Gasteiger partial charge on any atom is -0.392 e. The predicted molar refractivity (Wildman–Crippen MR) is 92.5 cm³/mol. The molecule has 0 aliphatic rings. The molecule has 0 radical (unpaired) electrons. The van der Waals surface area contributed by atoms with Gasteiger partial charge in [-0.3, -0.25) is 4.90 Å². The SMILES string of the molecule is CCC[C@@H]([C@H](C)O)N(Cc1ccccc1)Cc1ccccc1. The fraction of sp³-hybridized carbons (Fsp3) is 0.400. The Morgan fingerprint density at radius 1 is 0.864 bits per heavy atom. The summed E-state index contributed by atoms with van der Waals surface area (Å²) < 4.78 is 0. The third-order valence-electron chi connectivity index (χ3n) is 4.07. The monoisotopic (exact) mass is 297 g/mol. The fourth-order valence-corrected chi connectivity index (χ4v) is 2.95. The number of rotatable bonds is 8. The molecule has 2 aromatic rings. The standard InChI is InChI=1S/C20H27NO/c1-3-10-20(17(2)22)21(15-18-11-6-4-7-12-18)16-19-13-8-5-9-14-19/h4-9,11-14,17,20,22H,3,10,15-16H2,1-2H3/t17-,20-/m0/s1. The Labute approximate surface area is 134 Å². The van der Waals surface area contributed by atoms with Crippen LogP contribution in [0, 0.1) is 0 Å². The highest BCUT2D eigenvalue weighted by atomic mass is 16.3. The van der Waals surface area contributed by atoms with Crippen LogP contribution in [0.2, 0.25) is 0 Å². The second-order valence-electron chi connectivity index (χ2n) is 5.97. The summed E-state index contributed by atoms with van der Waals surface area (Å²) in [5.41, 5.74) is 2.58. The topological polar surface area (TPSA) is 23.5 Å². The van der Waals surface area contributed by atoms with Gasteiger partial charge in [0.05, 0.1) is 6.10 Å². The van der Waals surface area contributed by atoms with Crippen molar-refractivity contribution in [3.8, 4) is 0 Å². The molecule has 0 saturated carbocycles. The molecule has 0 amide bonds. The van der Waals surface area contributed by atoms with Gasteiger partial charge in [0.25, 0.3) is 0 Å². The lowest BCUT2D eigenvalue weighted by Gasteiger charge is -2.34. The zero-order valence-corrected chi connectivity index (χ0v) is 13.7. The second-order valence-corrected chi connectivity index (χ2v) is 5.97. The fourth-order valence-electron chi connectivity index (χ4n) is 2.95. The number of nitrogens with zero attached hydrogens (tertiary/aromatic N) is 1. The largest absolute Gasteiger partial charge is 0.392 e. The maximum absolute atomic E-state index is 10.2. The van der Waals surface area contributed by atoms with Crippen molar-refractivity contribution in [2.45, 2.75) is 51.9 Å². The Kier molecular flexibility index (Phi) is 6.63. The van der Waals surface area contributed by atoms with Gasteiger partial charge in [-0.1, -0.05) is 74.0 Å². The molecular weight excluding hydrogens is 270 g/mol. The Hall–Kier alpha value is -1.64. The van der Waals surface area contributed by atoms with E-state index in [1.54, 1.807) is 0 Å². The zero-order chi connectivity index (χ0) is 15.8. The van der Waals surface area contributed by atoms with E-state index in [1.165, 1.54) is 11.1 Å². The summed E-state index contributed by atoms with van der Waals surface area (Å²) in [6.45, 7) is 5.82. The van der Waals surface area contributed by atoms with Gasteiger partial charge in [0, 0.05) is 19.1 Å². The molecule has 2 heteroatoms. The lowest BCUT2D eigenvalue weighted by molar-refractivity contribution is 0.0451. The van der Waals surface area contributed by atoms with Crippen LogP contribution in [-0.4, -0.2) is 22.2 Å². The van der Waals surface area contributed by atoms with Crippen LogP contribution in [0.4, 0.5) is 0 Å². The third-order valence-corrected chi connectivity index (χ3v) is 4.07. The molecule has 2 rings (SSSR count). The number of hydrogen-bond donors (Lipinski definition) is 1. The summed E-state index contributed by atoms with van der Waals surface area (Å²) in [6.07, 6.45) is 1.76. The van der Waals surface area contributed by atoms with E-state index in [9.17, 15) is 5.11 Å². The third kappa shape index (κ3) is 4.97. The highest BCUT2D eigenvalue weighted by molar-refractivity contribution is 5.17. The first-order valence-corrected chi connectivity index (χ1v) is 8.20. The van der Waals surface area contributed by atoms with Gasteiger partial charge < -0.3 is 5.11 Å². The Morgan fingerprint density at radius 2 is 1.32 bits per heavy atom. The molecule has 118 valence electrons.